The van der Waals surface area contributed by atoms with Crippen molar-refractivity contribution in [2.45, 2.75) is 64.6 Å². The first-order valence-corrected chi connectivity index (χ1v) is 9.57. The van der Waals surface area contributed by atoms with Crippen LogP contribution in [-0.4, -0.2) is 8.32 Å². The van der Waals surface area contributed by atoms with E-state index in [1.54, 1.807) is 0 Å². The lowest BCUT2D eigenvalue weighted by molar-refractivity contribution is 0.429. The van der Waals surface area contributed by atoms with E-state index in [1.165, 1.54) is 0 Å². The first kappa shape index (κ1) is 17.0. The van der Waals surface area contributed by atoms with Crippen LogP contribution < -0.4 is 0 Å². The van der Waals surface area contributed by atoms with Gasteiger partial charge in [-0.2, -0.15) is 5.26 Å². The van der Waals surface area contributed by atoms with E-state index in [0.717, 1.165) is 19.3 Å². The lowest BCUT2D eigenvalue weighted by atomic mass is 10.2. The van der Waals surface area contributed by atoms with Gasteiger partial charge in [0.25, 0.3) is 0 Å². The minimum absolute atomic E-state index is 0.254. The van der Waals surface area contributed by atoms with Crippen LogP contribution in [0.2, 0.25) is 18.1 Å². The summed E-state index contributed by atoms with van der Waals surface area (Å²) in [6.07, 6.45) is 11.7. The van der Waals surface area contributed by atoms with Crippen molar-refractivity contribution >= 4 is 8.32 Å². The van der Waals surface area contributed by atoms with Gasteiger partial charge in [-0.05, 0) is 43.5 Å². The van der Waals surface area contributed by atoms with Crippen molar-refractivity contribution in [2.24, 2.45) is 0 Å². The van der Waals surface area contributed by atoms with Crippen molar-refractivity contribution in [3.63, 3.8) is 0 Å². The molecule has 0 saturated heterocycles. The fourth-order valence-electron chi connectivity index (χ4n) is 1.04. The van der Waals surface area contributed by atoms with Gasteiger partial charge < -0.3 is 4.43 Å². The van der Waals surface area contributed by atoms with E-state index in [1.807, 2.05) is 6.26 Å². The van der Waals surface area contributed by atoms with Crippen molar-refractivity contribution in [1.29, 1.82) is 5.26 Å². The van der Waals surface area contributed by atoms with Gasteiger partial charge in [0.05, 0.1) is 12.3 Å². The molecule has 0 aliphatic rings. The molecule has 0 radical (unpaired) electrons. The molecule has 0 atom stereocenters. The highest BCUT2D eigenvalue weighted by molar-refractivity contribution is 6.74. The van der Waals surface area contributed by atoms with Gasteiger partial charge in [0.1, 0.15) is 0 Å². The molecule has 0 spiro atoms. The molecule has 2 nitrogen and oxygen atoms in total. The average Bonchev–Trinajstić information content (AvgIpc) is 2.25. The zero-order valence-corrected chi connectivity index (χ0v) is 13.5. The molecule has 18 heavy (non-hydrogen) atoms. The molecule has 0 aromatic carbocycles. The summed E-state index contributed by atoms with van der Waals surface area (Å²) in [6, 6.07) is 2.15. The average molecular weight is 265 g/mol. The fraction of sp³-hybridized carbons (Fsp3) is 0.667. The Morgan fingerprint density at radius 3 is 2.39 bits per heavy atom. The van der Waals surface area contributed by atoms with E-state index in [4.69, 9.17) is 9.69 Å². The van der Waals surface area contributed by atoms with Gasteiger partial charge in [-0.1, -0.05) is 32.9 Å². The van der Waals surface area contributed by atoms with E-state index in [2.05, 4.69) is 58.2 Å². The van der Waals surface area contributed by atoms with Gasteiger partial charge in [-0.25, -0.2) is 0 Å². The molecular weight excluding hydrogens is 238 g/mol. The Balaban J connectivity index is 3.82. The number of nitrogens with zero attached hydrogens (tertiary/aromatic N) is 1. The Kier molecular flexibility index (Phi) is 7.69. The molecule has 0 bridgehead atoms. The van der Waals surface area contributed by atoms with Crippen LogP contribution in [0.4, 0.5) is 0 Å². The van der Waals surface area contributed by atoms with Crippen LogP contribution in [0, 0.1) is 11.3 Å². The molecule has 0 amide bonds. The summed E-state index contributed by atoms with van der Waals surface area (Å²) in [5.74, 6) is 0. The second-order valence-electron chi connectivity index (χ2n) is 6.01. The Morgan fingerprint density at radius 1 is 1.17 bits per heavy atom. The van der Waals surface area contributed by atoms with Crippen LogP contribution in [0.25, 0.3) is 0 Å². The molecule has 0 heterocycles. The Hall–Kier alpha value is -1.01. The Morgan fingerprint density at radius 2 is 1.83 bits per heavy atom. The van der Waals surface area contributed by atoms with Crippen molar-refractivity contribution in [2.75, 3.05) is 0 Å². The Bertz CT molecular complexity index is 318. The molecule has 0 aliphatic carbocycles. The molecule has 3 heteroatoms. The standard InChI is InChI=1S/C15H27NOSi/c1-15(2,3)18(4,5)17-14-12-10-8-6-7-9-11-13-16/h6,8,12,14H,7,9-11H2,1-5H3/b8-6+,14-12+. The smallest absolute Gasteiger partial charge is 0.249 e. The van der Waals surface area contributed by atoms with E-state index in [-0.39, 0.29) is 5.04 Å². The highest BCUT2D eigenvalue weighted by Gasteiger charge is 2.37. The summed E-state index contributed by atoms with van der Waals surface area (Å²) >= 11 is 0. The summed E-state index contributed by atoms with van der Waals surface area (Å²) in [5, 5.41) is 8.64. The molecule has 0 unspecified atom stereocenters. The monoisotopic (exact) mass is 265 g/mol. The highest BCUT2D eigenvalue weighted by atomic mass is 28.4. The number of unbranched alkanes of at least 4 members (excludes halogenated alkanes) is 2. The predicted molar refractivity (Wildman–Crippen MR) is 80.6 cm³/mol. The Labute approximate surface area is 113 Å². The maximum absolute atomic E-state index is 8.38. The second kappa shape index (κ2) is 8.15. The summed E-state index contributed by atoms with van der Waals surface area (Å²) in [4.78, 5) is 0. The van der Waals surface area contributed by atoms with Gasteiger partial charge in [-0.15, -0.1) is 0 Å². The first-order chi connectivity index (χ1) is 8.31. The lowest BCUT2D eigenvalue weighted by Crippen LogP contribution is -2.39. The van der Waals surface area contributed by atoms with Crippen LogP contribution in [0.15, 0.2) is 24.5 Å². The summed E-state index contributed by atoms with van der Waals surface area (Å²) < 4.78 is 5.92. The van der Waals surface area contributed by atoms with Crippen LogP contribution in [0.1, 0.15) is 46.5 Å². The van der Waals surface area contributed by atoms with E-state index < -0.39 is 8.32 Å². The first-order valence-electron chi connectivity index (χ1n) is 6.66. The van der Waals surface area contributed by atoms with Crippen LogP contribution in [0.5, 0.6) is 0 Å². The van der Waals surface area contributed by atoms with Gasteiger partial charge >= 0.3 is 0 Å². The molecule has 0 aromatic heterocycles. The third-order valence-electron chi connectivity index (χ3n) is 3.36. The van der Waals surface area contributed by atoms with Gasteiger partial charge in [-0.3, -0.25) is 0 Å². The zero-order valence-electron chi connectivity index (χ0n) is 12.5. The van der Waals surface area contributed by atoms with Gasteiger partial charge in [0.15, 0.2) is 0 Å². The predicted octanol–water partition coefficient (Wildman–Crippen LogP) is 5.16. The molecule has 0 aromatic rings. The SMILES string of the molecule is CC(C)(C)[Si](C)(C)O/C=C/C/C=C/CCCC#N. The van der Waals surface area contributed by atoms with Crippen molar-refractivity contribution < 1.29 is 4.43 Å². The lowest BCUT2D eigenvalue weighted by Gasteiger charge is -2.34. The highest BCUT2D eigenvalue weighted by Crippen LogP contribution is 2.36. The molecule has 0 saturated carbocycles. The molecule has 0 aliphatic heterocycles. The van der Waals surface area contributed by atoms with Gasteiger partial charge in [0, 0.05) is 6.42 Å². The zero-order chi connectivity index (χ0) is 14.1. The van der Waals surface area contributed by atoms with Crippen LogP contribution >= 0.6 is 0 Å². The van der Waals surface area contributed by atoms with Crippen molar-refractivity contribution in [1.82, 2.24) is 0 Å². The van der Waals surface area contributed by atoms with Gasteiger partial charge in [0.2, 0.25) is 8.32 Å². The minimum atomic E-state index is -1.64. The summed E-state index contributed by atoms with van der Waals surface area (Å²) in [7, 11) is -1.64. The second-order valence-corrected chi connectivity index (χ2v) is 10.8. The normalized spacial score (nSPS) is 13.1. The number of allylic oxidation sites excluding steroid dienone is 3. The fourth-order valence-corrected chi connectivity index (χ4v) is 1.83. The third kappa shape index (κ3) is 7.34. The topological polar surface area (TPSA) is 33.0 Å². The van der Waals surface area contributed by atoms with E-state index in [9.17, 15) is 0 Å². The number of hydrogen-bond acceptors (Lipinski definition) is 2. The molecule has 0 rings (SSSR count). The summed E-state index contributed by atoms with van der Waals surface area (Å²) in [6.45, 7) is 11.2. The third-order valence-corrected chi connectivity index (χ3v) is 7.70. The minimum Gasteiger partial charge on any atom is -0.549 e. The van der Waals surface area contributed by atoms with Crippen molar-refractivity contribution in [3.8, 4) is 6.07 Å². The van der Waals surface area contributed by atoms with Crippen LogP contribution in [0.3, 0.4) is 0 Å². The molecule has 102 valence electrons. The number of hydrogen-bond donors (Lipinski definition) is 0. The van der Waals surface area contributed by atoms with Crippen molar-refractivity contribution in [3.05, 3.63) is 24.5 Å². The number of nitriles is 1. The quantitative estimate of drug-likeness (QED) is 0.275. The maximum atomic E-state index is 8.38. The largest absolute Gasteiger partial charge is 0.549 e. The summed E-state index contributed by atoms with van der Waals surface area (Å²) in [5.41, 5.74) is 0. The molecule has 0 fully saturated rings. The maximum Gasteiger partial charge on any atom is 0.249 e. The molecule has 0 N–H and O–H groups in total. The molecular formula is C15H27NOSi. The number of rotatable bonds is 7. The van der Waals surface area contributed by atoms with E-state index >= 15 is 0 Å². The van der Waals surface area contributed by atoms with Crippen LogP contribution in [-0.2, 0) is 4.43 Å². The van der Waals surface area contributed by atoms with E-state index in [0.29, 0.717) is 6.42 Å².